The highest BCUT2D eigenvalue weighted by Crippen LogP contribution is 2.32. The number of pyridine rings is 1. The molecule has 1 fully saturated rings. The first-order chi connectivity index (χ1) is 7.33. The van der Waals surface area contributed by atoms with Crippen molar-refractivity contribution in [2.45, 2.75) is 31.8 Å². The van der Waals surface area contributed by atoms with Crippen LogP contribution < -0.4 is 5.73 Å². The summed E-state index contributed by atoms with van der Waals surface area (Å²) in [5.74, 6) is 0. The maximum absolute atomic E-state index is 5.65. The van der Waals surface area contributed by atoms with E-state index in [-0.39, 0.29) is 0 Å². The molecule has 1 aliphatic rings. The third kappa shape index (κ3) is 2.55. The maximum Gasteiger partial charge on any atom is 0.0572 e. The molecule has 3 heteroatoms. The van der Waals surface area contributed by atoms with Crippen molar-refractivity contribution >= 4 is 0 Å². The summed E-state index contributed by atoms with van der Waals surface area (Å²) < 4.78 is 0. The molecule has 0 bridgehead atoms. The van der Waals surface area contributed by atoms with Gasteiger partial charge < -0.3 is 5.73 Å². The van der Waals surface area contributed by atoms with Crippen molar-refractivity contribution in [2.75, 3.05) is 13.1 Å². The Balaban J connectivity index is 2.07. The SMILES string of the molecule is C[C@H](c1ccccn1)N(CCN)C1CC1. The van der Waals surface area contributed by atoms with Crippen molar-refractivity contribution in [3.05, 3.63) is 30.1 Å². The molecule has 15 heavy (non-hydrogen) atoms. The van der Waals surface area contributed by atoms with E-state index in [1.165, 1.54) is 12.8 Å². The van der Waals surface area contributed by atoms with Crippen LogP contribution >= 0.6 is 0 Å². The zero-order valence-electron chi connectivity index (χ0n) is 9.26. The molecule has 0 spiro atoms. The number of hydrogen-bond acceptors (Lipinski definition) is 3. The molecule has 1 saturated carbocycles. The zero-order valence-corrected chi connectivity index (χ0v) is 9.26. The monoisotopic (exact) mass is 205 g/mol. The lowest BCUT2D eigenvalue weighted by molar-refractivity contribution is 0.202. The van der Waals surface area contributed by atoms with Crippen LogP contribution in [0.1, 0.15) is 31.5 Å². The van der Waals surface area contributed by atoms with Crippen LogP contribution in [0.5, 0.6) is 0 Å². The Morgan fingerprint density at radius 2 is 2.33 bits per heavy atom. The van der Waals surface area contributed by atoms with E-state index in [0.29, 0.717) is 6.04 Å². The van der Waals surface area contributed by atoms with E-state index in [1.54, 1.807) is 0 Å². The molecule has 1 aliphatic carbocycles. The summed E-state index contributed by atoms with van der Waals surface area (Å²) in [6.45, 7) is 3.92. The van der Waals surface area contributed by atoms with Crippen molar-refractivity contribution in [3.8, 4) is 0 Å². The summed E-state index contributed by atoms with van der Waals surface area (Å²) in [6.07, 6.45) is 4.49. The molecule has 0 saturated heterocycles. The van der Waals surface area contributed by atoms with Crippen LogP contribution in [0.4, 0.5) is 0 Å². The van der Waals surface area contributed by atoms with E-state index in [4.69, 9.17) is 5.73 Å². The van der Waals surface area contributed by atoms with Gasteiger partial charge in [0.25, 0.3) is 0 Å². The minimum absolute atomic E-state index is 0.391. The number of aromatic nitrogens is 1. The predicted molar refractivity (Wildman–Crippen MR) is 61.4 cm³/mol. The van der Waals surface area contributed by atoms with Crippen LogP contribution in [0.15, 0.2) is 24.4 Å². The Morgan fingerprint density at radius 3 is 2.87 bits per heavy atom. The average Bonchev–Trinajstić information content (AvgIpc) is 3.10. The van der Waals surface area contributed by atoms with Crippen molar-refractivity contribution in [3.63, 3.8) is 0 Å². The normalized spacial score (nSPS) is 18.1. The van der Waals surface area contributed by atoms with Gasteiger partial charge in [-0.2, -0.15) is 0 Å². The lowest BCUT2D eigenvalue weighted by atomic mass is 10.2. The smallest absolute Gasteiger partial charge is 0.0572 e. The number of nitrogens with two attached hydrogens (primary N) is 1. The molecule has 1 aromatic heterocycles. The quantitative estimate of drug-likeness (QED) is 0.793. The van der Waals surface area contributed by atoms with Gasteiger partial charge in [0, 0.05) is 31.4 Å². The predicted octanol–water partition coefficient (Wildman–Crippen LogP) is 1.57. The van der Waals surface area contributed by atoms with Crippen molar-refractivity contribution in [1.29, 1.82) is 0 Å². The molecular formula is C12H19N3. The summed E-state index contributed by atoms with van der Waals surface area (Å²) in [6, 6.07) is 7.23. The summed E-state index contributed by atoms with van der Waals surface area (Å²) in [4.78, 5) is 6.88. The second-order valence-corrected chi connectivity index (χ2v) is 4.19. The van der Waals surface area contributed by atoms with Crippen LogP contribution in [-0.2, 0) is 0 Å². The van der Waals surface area contributed by atoms with Gasteiger partial charge in [-0.25, -0.2) is 0 Å². The minimum atomic E-state index is 0.391. The zero-order chi connectivity index (χ0) is 10.7. The van der Waals surface area contributed by atoms with E-state index in [1.807, 2.05) is 18.3 Å². The molecule has 3 nitrogen and oxygen atoms in total. The van der Waals surface area contributed by atoms with Gasteiger partial charge in [-0.3, -0.25) is 9.88 Å². The second kappa shape index (κ2) is 4.73. The highest BCUT2D eigenvalue weighted by atomic mass is 15.2. The van der Waals surface area contributed by atoms with E-state index in [2.05, 4.69) is 22.9 Å². The number of rotatable bonds is 5. The van der Waals surface area contributed by atoms with Crippen LogP contribution in [-0.4, -0.2) is 29.0 Å². The minimum Gasteiger partial charge on any atom is -0.329 e. The standard InChI is InChI=1S/C12H19N3/c1-10(12-4-2-3-8-14-12)15(9-7-13)11-5-6-11/h2-4,8,10-11H,5-7,9,13H2,1H3/t10-/m1/s1. The molecule has 1 aromatic rings. The maximum atomic E-state index is 5.65. The Labute approximate surface area is 91.3 Å². The lowest BCUT2D eigenvalue weighted by Crippen LogP contribution is -2.34. The molecule has 0 aliphatic heterocycles. The van der Waals surface area contributed by atoms with Gasteiger partial charge in [0.05, 0.1) is 5.69 Å². The van der Waals surface area contributed by atoms with E-state index in [0.717, 1.165) is 24.8 Å². The third-order valence-electron chi connectivity index (χ3n) is 3.02. The van der Waals surface area contributed by atoms with Gasteiger partial charge in [0.2, 0.25) is 0 Å². The Kier molecular flexibility index (Phi) is 3.34. The van der Waals surface area contributed by atoms with Gasteiger partial charge in [0.15, 0.2) is 0 Å². The van der Waals surface area contributed by atoms with Gasteiger partial charge in [-0.05, 0) is 31.9 Å². The summed E-state index contributed by atoms with van der Waals surface area (Å²) in [5, 5.41) is 0. The van der Waals surface area contributed by atoms with Gasteiger partial charge in [-0.1, -0.05) is 6.07 Å². The second-order valence-electron chi connectivity index (χ2n) is 4.19. The Hall–Kier alpha value is -0.930. The Bertz CT molecular complexity index is 295. The molecule has 0 amide bonds. The van der Waals surface area contributed by atoms with Crippen LogP contribution in [0.2, 0.25) is 0 Å². The first-order valence-corrected chi connectivity index (χ1v) is 5.69. The highest BCUT2D eigenvalue weighted by Gasteiger charge is 2.32. The summed E-state index contributed by atoms with van der Waals surface area (Å²) in [7, 11) is 0. The van der Waals surface area contributed by atoms with E-state index in [9.17, 15) is 0 Å². The van der Waals surface area contributed by atoms with Gasteiger partial charge in [-0.15, -0.1) is 0 Å². The van der Waals surface area contributed by atoms with Gasteiger partial charge in [0.1, 0.15) is 0 Å². The average molecular weight is 205 g/mol. The van der Waals surface area contributed by atoms with Crippen LogP contribution in [0.3, 0.4) is 0 Å². The lowest BCUT2D eigenvalue weighted by Gasteiger charge is -2.28. The van der Waals surface area contributed by atoms with Crippen molar-refractivity contribution in [2.24, 2.45) is 5.73 Å². The number of nitrogens with zero attached hydrogens (tertiary/aromatic N) is 2. The summed E-state index contributed by atoms with van der Waals surface area (Å²) in [5.41, 5.74) is 6.80. The third-order valence-corrected chi connectivity index (χ3v) is 3.02. The van der Waals surface area contributed by atoms with Crippen molar-refractivity contribution in [1.82, 2.24) is 9.88 Å². The molecular weight excluding hydrogens is 186 g/mol. The first kappa shape index (κ1) is 10.6. The number of hydrogen-bond donors (Lipinski definition) is 1. The van der Waals surface area contributed by atoms with Gasteiger partial charge >= 0.3 is 0 Å². The molecule has 2 rings (SSSR count). The fourth-order valence-corrected chi connectivity index (χ4v) is 2.04. The summed E-state index contributed by atoms with van der Waals surface area (Å²) >= 11 is 0. The molecule has 0 unspecified atom stereocenters. The molecule has 82 valence electrons. The fourth-order valence-electron chi connectivity index (χ4n) is 2.04. The molecule has 1 heterocycles. The van der Waals surface area contributed by atoms with E-state index < -0.39 is 0 Å². The van der Waals surface area contributed by atoms with E-state index >= 15 is 0 Å². The van der Waals surface area contributed by atoms with Crippen molar-refractivity contribution < 1.29 is 0 Å². The molecule has 0 aromatic carbocycles. The fraction of sp³-hybridized carbons (Fsp3) is 0.583. The topological polar surface area (TPSA) is 42.2 Å². The highest BCUT2D eigenvalue weighted by molar-refractivity contribution is 5.09. The Morgan fingerprint density at radius 1 is 1.53 bits per heavy atom. The van der Waals surface area contributed by atoms with Crippen LogP contribution in [0.25, 0.3) is 0 Å². The first-order valence-electron chi connectivity index (χ1n) is 5.69. The largest absolute Gasteiger partial charge is 0.329 e. The molecule has 0 radical (unpaired) electrons. The molecule has 2 N–H and O–H groups in total. The molecule has 1 atom stereocenters. The van der Waals surface area contributed by atoms with Crippen LogP contribution in [0, 0.1) is 0 Å².